The fourth-order valence-corrected chi connectivity index (χ4v) is 3.58. The van der Waals surface area contributed by atoms with Crippen molar-refractivity contribution in [3.63, 3.8) is 0 Å². The Balaban J connectivity index is 4.11. The van der Waals surface area contributed by atoms with E-state index in [0.717, 1.165) is 0 Å². The lowest BCUT2D eigenvalue weighted by Crippen LogP contribution is -2.06. The third kappa shape index (κ3) is 23.1. The summed E-state index contributed by atoms with van der Waals surface area (Å²) in [4.78, 5) is 0. The van der Waals surface area contributed by atoms with Gasteiger partial charge in [-0.25, -0.2) is 0 Å². The van der Waals surface area contributed by atoms with Gasteiger partial charge in [-0.05, 0) is 23.7 Å². The van der Waals surface area contributed by atoms with Gasteiger partial charge in [0.05, 0.1) is 0 Å². The van der Waals surface area contributed by atoms with Crippen molar-refractivity contribution in [3.05, 3.63) is 97.2 Å². The average Bonchev–Trinajstić information content (AvgIpc) is 2.79. The van der Waals surface area contributed by atoms with Crippen molar-refractivity contribution in [3.8, 4) is 0 Å². The maximum Gasteiger partial charge on any atom is -0.0172 e. The summed E-state index contributed by atoms with van der Waals surface area (Å²) in [5, 5.41) is 0. The minimum absolute atomic E-state index is 0.288. The van der Waals surface area contributed by atoms with Gasteiger partial charge in [0, 0.05) is 0 Å². The Morgan fingerprint density at radius 2 is 0.618 bits per heavy atom. The number of rotatable bonds is 19. The lowest BCUT2D eigenvalue weighted by atomic mass is 9.86. The smallest absolute Gasteiger partial charge is 0.0172 e. The summed E-state index contributed by atoms with van der Waals surface area (Å²) in [5.74, 6) is 0. The number of allylic oxidation sites excluding steroid dienone is 16. The van der Waals surface area contributed by atoms with Crippen LogP contribution < -0.4 is 0 Å². The van der Waals surface area contributed by atoms with Crippen LogP contribution in [0.1, 0.15) is 106 Å². The normalized spacial score (nSPS) is 14.4. The maximum absolute atomic E-state index is 2.33. The van der Waals surface area contributed by atoms with Gasteiger partial charge in [-0.1, -0.05) is 190 Å². The monoisotopic (exact) mass is 462 g/mol. The van der Waals surface area contributed by atoms with Crippen LogP contribution in [0.25, 0.3) is 0 Å². The van der Waals surface area contributed by atoms with E-state index in [1.54, 1.807) is 0 Å². The van der Waals surface area contributed by atoms with E-state index in [0.29, 0.717) is 0 Å². The average molecular weight is 463 g/mol. The van der Waals surface area contributed by atoms with Crippen LogP contribution in [0.2, 0.25) is 0 Å². The topological polar surface area (TPSA) is 0 Å². The highest BCUT2D eigenvalue weighted by molar-refractivity contribution is 5.21. The molecule has 0 heterocycles. The van der Waals surface area contributed by atoms with Crippen molar-refractivity contribution < 1.29 is 0 Å². The van der Waals surface area contributed by atoms with Gasteiger partial charge in [-0.15, -0.1) is 0 Å². The van der Waals surface area contributed by atoms with E-state index in [4.69, 9.17) is 0 Å². The van der Waals surface area contributed by atoms with E-state index < -0.39 is 0 Å². The number of hydrogen-bond donors (Lipinski definition) is 0. The summed E-state index contributed by atoms with van der Waals surface area (Å²) in [6, 6.07) is 0. The molecule has 0 radical (unpaired) electrons. The molecular formula is C34H54. The molecule has 0 saturated heterocycles. The molecule has 0 aliphatic carbocycles. The molecule has 0 aromatic carbocycles. The Morgan fingerprint density at radius 3 is 0.882 bits per heavy atom. The second kappa shape index (κ2) is 21.5. The van der Waals surface area contributed by atoms with E-state index in [9.17, 15) is 0 Å². The first kappa shape index (κ1) is 31.9. The highest BCUT2D eigenvalue weighted by Crippen LogP contribution is 2.26. The first-order valence-electron chi connectivity index (χ1n) is 13.7. The van der Waals surface area contributed by atoms with Gasteiger partial charge in [0.25, 0.3) is 0 Å². The molecule has 0 aromatic heterocycles. The molecule has 0 atom stereocenters. The summed E-state index contributed by atoms with van der Waals surface area (Å²) in [6.07, 6.45) is 47.1. The van der Waals surface area contributed by atoms with Gasteiger partial charge < -0.3 is 0 Å². The highest BCUT2D eigenvalue weighted by atomic mass is 14.2. The van der Waals surface area contributed by atoms with E-state index in [1.165, 1.54) is 64.2 Å². The minimum atomic E-state index is 0.288. The van der Waals surface area contributed by atoms with Crippen LogP contribution in [0, 0.1) is 10.8 Å². The van der Waals surface area contributed by atoms with Crippen LogP contribution in [0.3, 0.4) is 0 Å². The molecule has 0 saturated carbocycles. The highest BCUT2D eigenvalue weighted by Gasteiger charge is 2.12. The molecule has 0 aromatic rings. The molecule has 0 aliphatic rings. The molecular weight excluding hydrogens is 408 g/mol. The van der Waals surface area contributed by atoms with E-state index in [2.05, 4.69) is 139 Å². The molecule has 0 heteroatoms. The summed E-state index contributed by atoms with van der Waals surface area (Å²) in [5.41, 5.74) is 0.575. The lowest BCUT2D eigenvalue weighted by Gasteiger charge is -2.19. The zero-order chi connectivity index (χ0) is 25.4. The molecule has 0 amide bonds. The van der Waals surface area contributed by atoms with Crippen LogP contribution >= 0.6 is 0 Å². The molecule has 0 N–H and O–H groups in total. The molecule has 0 unspecified atom stereocenters. The zero-order valence-electron chi connectivity index (χ0n) is 23.3. The predicted octanol–water partition coefficient (Wildman–Crippen LogP) is 11.4. The van der Waals surface area contributed by atoms with Crippen molar-refractivity contribution in [2.45, 2.75) is 106 Å². The maximum atomic E-state index is 2.33. The van der Waals surface area contributed by atoms with Gasteiger partial charge in [0.15, 0.2) is 0 Å². The van der Waals surface area contributed by atoms with E-state index in [-0.39, 0.29) is 10.8 Å². The standard InChI is InChI=1S/C34H54/c1-7-9-11-25-29-33(3,4)31-27-23-21-19-17-15-13-14-16-18-20-22-24-28-32-34(5,6)30-26-12-10-8-2/h13-24,27-28,31-32H,7-12,25-26,29-30H2,1-6H3/b15-13+,16-14+,19-17+,20-18+,23-21+,24-22+,31-27+,32-28+. The third-order valence-electron chi connectivity index (χ3n) is 5.89. The van der Waals surface area contributed by atoms with Crippen molar-refractivity contribution in [1.29, 1.82) is 0 Å². The Morgan fingerprint density at radius 1 is 0.353 bits per heavy atom. The Hall–Kier alpha value is -2.08. The molecule has 0 spiro atoms. The van der Waals surface area contributed by atoms with E-state index >= 15 is 0 Å². The van der Waals surface area contributed by atoms with Crippen molar-refractivity contribution in [2.24, 2.45) is 10.8 Å². The van der Waals surface area contributed by atoms with Crippen molar-refractivity contribution >= 4 is 0 Å². The first-order chi connectivity index (χ1) is 16.3. The Kier molecular flexibility index (Phi) is 20.1. The molecule has 0 bridgehead atoms. The van der Waals surface area contributed by atoms with Crippen molar-refractivity contribution in [2.75, 3.05) is 0 Å². The zero-order valence-corrected chi connectivity index (χ0v) is 23.3. The quantitative estimate of drug-likeness (QED) is 0.132. The second-order valence-electron chi connectivity index (χ2n) is 10.6. The lowest BCUT2D eigenvalue weighted by molar-refractivity contribution is 0.410. The molecule has 34 heavy (non-hydrogen) atoms. The predicted molar refractivity (Wildman–Crippen MR) is 158 cm³/mol. The molecule has 0 rings (SSSR count). The summed E-state index contributed by atoms with van der Waals surface area (Å²) in [7, 11) is 0. The third-order valence-corrected chi connectivity index (χ3v) is 5.89. The minimum Gasteiger partial charge on any atom is -0.0789 e. The summed E-state index contributed by atoms with van der Waals surface area (Å²) >= 11 is 0. The van der Waals surface area contributed by atoms with Gasteiger partial charge in [-0.2, -0.15) is 0 Å². The Labute approximate surface area is 213 Å². The number of unbranched alkanes of at least 4 members (excludes halogenated alkanes) is 6. The largest absolute Gasteiger partial charge is 0.0789 e. The van der Waals surface area contributed by atoms with Crippen LogP contribution in [-0.4, -0.2) is 0 Å². The van der Waals surface area contributed by atoms with E-state index in [1.807, 2.05) is 0 Å². The molecule has 0 fully saturated rings. The summed E-state index contributed by atoms with van der Waals surface area (Å²) in [6.45, 7) is 13.8. The van der Waals surface area contributed by atoms with Gasteiger partial charge >= 0.3 is 0 Å². The first-order valence-corrected chi connectivity index (χ1v) is 13.7. The second-order valence-corrected chi connectivity index (χ2v) is 10.6. The van der Waals surface area contributed by atoms with Gasteiger partial charge in [0.2, 0.25) is 0 Å². The number of hydrogen-bond acceptors (Lipinski definition) is 0. The van der Waals surface area contributed by atoms with Crippen LogP contribution in [0.4, 0.5) is 0 Å². The molecule has 190 valence electrons. The molecule has 0 aliphatic heterocycles. The van der Waals surface area contributed by atoms with Crippen molar-refractivity contribution in [1.82, 2.24) is 0 Å². The fraction of sp³-hybridized carbons (Fsp3) is 0.529. The SMILES string of the molecule is CCCCCCC(C)(C)/C=C/C=C/C=C/C=C/C=C/C=C/C=C/C=C/C(C)(C)CCCCCC. The van der Waals surface area contributed by atoms with Crippen LogP contribution in [0.5, 0.6) is 0 Å². The van der Waals surface area contributed by atoms with Gasteiger partial charge in [0.1, 0.15) is 0 Å². The van der Waals surface area contributed by atoms with Gasteiger partial charge in [-0.3, -0.25) is 0 Å². The van der Waals surface area contributed by atoms with Crippen LogP contribution in [-0.2, 0) is 0 Å². The fourth-order valence-electron chi connectivity index (χ4n) is 3.58. The summed E-state index contributed by atoms with van der Waals surface area (Å²) < 4.78 is 0. The molecule has 0 nitrogen and oxygen atoms in total. The Bertz CT molecular complexity index is 636. The van der Waals surface area contributed by atoms with Crippen LogP contribution in [0.15, 0.2) is 97.2 Å².